The van der Waals surface area contributed by atoms with Crippen LogP contribution in [0.15, 0.2) is 42.5 Å². The maximum atomic E-state index is 12.6. The fraction of sp³-hybridized carbons (Fsp3) is 0.421. The molecule has 0 fully saturated rings. The number of sulfonamides is 1. The lowest BCUT2D eigenvalue weighted by Crippen LogP contribution is -2.28. The second-order valence-corrected chi connectivity index (χ2v) is 9.75. The zero-order valence-corrected chi connectivity index (χ0v) is 17.0. The highest BCUT2D eigenvalue weighted by Gasteiger charge is 2.18. The highest BCUT2D eigenvalue weighted by atomic mass is 32.2. The van der Waals surface area contributed by atoms with Gasteiger partial charge in [0.1, 0.15) is 0 Å². The van der Waals surface area contributed by atoms with E-state index in [-0.39, 0.29) is 11.9 Å². The van der Waals surface area contributed by atoms with E-state index in [1.165, 1.54) is 11.3 Å². The molecule has 0 aliphatic rings. The standard InChI is InChI=1S/C19H26N2O3S2/c1-14(2)13-17(15-7-5-4-6-8-15)21-19(22)18-10-9-16(25-18)11-12-20-26(3,23)24/h4-10,14,17,20H,11-13H2,1-3H3,(H,21,22). The minimum atomic E-state index is -3.19. The highest BCUT2D eigenvalue weighted by molar-refractivity contribution is 7.88. The number of nitrogens with one attached hydrogen (secondary N) is 2. The van der Waals surface area contributed by atoms with Crippen molar-refractivity contribution >= 4 is 27.3 Å². The Hall–Kier alpha value is -1.70. The molecule has 1 unspecified atom stereocenters. The van der Waals surface area contributed by atoms with Crippen LogP contribution in [0, 0.1) is 5.92 Å². The topological polar surface area (TPSA) is 75.3 Å². The van der Waals surface area contributed by atoms with Crippen molar-refractivity contribution in [2.75, 3.05) is 12.8 Å². The predicted molar refractivity (Wildman–Crippen MR) is 107 cm³/mol. The quantitative estimate of drug-likeness (QED) is 0.685. The number of benzene rings is 1. The molecule has 2 aromatic rings. The van der Waals surface area contributed by atoms with Crippen LogP contribution in [-0.4, -0.2) is 27.1 Å². The van der Waals surface area contributed by atoms with E-state index in [4.69, 9.17) is 0 Å². The molecule has 7 heteroatoms. The average Bonchev–Trinajstić information content (AvgIpc) is 3.02. The maximum absolute atomic E-state index is 12.6. The number of hydrogen-bond donors (Lipinski definition) is 2. The molecule has 5 nitrogen and oxygen atoms in total. The Morgan fingerprint density at radius 3 is 2.42 bits per heavy atom. The summed E-state index contributed by atoms with van der Waals surface area (Å²) in [4.78, 5) is 14.3. The minimum Gasteiger partial charge on any atom is -0.345 e. The van der Waals surface area contributed by atoms with Crippen molar-refractivity contribution in [3.63, 3.8) is 0 Å². The van der Waals surface area contributed by atoms with Gasteiger partial charge in [-0.3, -0.25) is 4.79 Å². The maximum Gasteiger partial charge on any atom is 0.261 e. The molecule has 1 aromatic heterocycles. The molecule has 0 spiro atoms. The lowest BCUT2D eigenvalue weighted by Gasteiger charge is -2.20. The van der Waals surface area contributed by atoms with Gasteiger partial charge in [-0.2, -0.15) is 0 Å². The Morgan fingerprint density at radius 1 is 1.12 bits per heavy atom. The first kappa shape index (κ1) is 20.6. The van der Waals surface area contributed by atoms with Crippen LogP contribution in [0.5, 0.6) is 0 Å². The summed E-state index contributed by atoms with van der Waals surface area (Å²) in [7, 11) is -3.19. The molecule has 1 amide bonds. The van der Waals surface area contributed by atoms with E-state index < -0.39 is 10.0 Å². The van der Waals surface area contributed by atoms with E-state index in [0.29, 0.717) is 23.8 Å². The fourth-order valence-corrected chi connectivity index (χ4v) is 4.04. The Labute approximate surface area is 159 Å². The number of hydrogen-bond acceptors (Lipinski definition) is 4. The van der Waals surface area contributed by atoms with E-state index in [9.17, 15) is 13.2 Å². The van der Waals surface area contributed by atoms with Crippen molar-refractivity contribution in [1.29, 1.82) is 0 Å². The molecule has 1 atom stereocenters. The van der Waals surface area contributed by atoms with Gasteiger partial charge in [0.05, 0.1) is 17.2 Å². The van der Waals surface area contributed by atoms with Gasteiger partial charge in [0.25, 0.3) is 5.91 Å². The third-order valence-corrected chi connectivity index (χ3v) is 5.71. The third-order valence-electron chi connectivity index (χ3n) is 3.84. The molecule has 0 saturated carbocycles. The third kappa shape index (κ3) is 6.90. The average molecular weight is 395 g/mol. The first-order chi connectivity index (χ1) is 12.2. The summed E-state index contributed by atoms with van der Waals surface area (Å²) in [6.45, 7) is 4.61. The van der Waals surface area contributed by atoms with Gasteiger partial charge in [-0.25, -0.2) is 13.1 Å². The monoisotopic (exact) mass is 394 g/mol. The van der Waals surface area contributed by atoms with E-state index in [0.717, 1.165) is 23.1 Å². The van der Waals surface area contributed by atoms with Gasteiger partial charge in [0, 0.05) is 11.4 Å². The van der Waals surface area contributed by atoms with Crippen LogP contribution < -0.4 is 10.0 Å². The number of rotatable bonds is 9. The van der Waals surface area contributed by atoms with E-state index in [2.05, 4.69) is 23.9 Å². The number of amides is 1. The predicted octanol–water partition coefficient (Wildman–Crippen LogP) is 3.36. The van der Waals surface area contributed by atoms with Crippen molar-refractivity contribution in [1.82, 2.24) is 10.0 Å². The summed E-state index contributed by atoms with van der Waals surface area (Å²) in [6.07, 6.45) is 2.57. The molecule has 1 heterocycles. The van der Waals surface area contributed by atoms with E-state index in [1.807, 2.05) is 36.4 Å². The molecule has 0 radical (unpaired) electrons. The molecule has 26 heavy (non-hydrogen) atoms. The van der Waals surface area contributed by atoms with Crippen LogP contribution >= 0.6 is 11.3 Å². The molecule has 1 aromatic carbocycles. The van der Waals surface area contributed by atoms with Gasteiger partial charge < -0.3 is 5.32 Å². The molecule has 0 saturated heterocycles. The molecular weight excluding hydrogens is 368 g/mol. The summed E-state index contributed by atoms with van der Waals surface area (Å²) in [5.41, 5.74) is 1.10. The summed E-state index contributed by atoms with van der Waals surface area (Å²) in [6, 6.07) is 13.6. The Kier molecular flexibility index (Phi) is 7.37. The van der Waals surface area contributed by atoms with Crippen LogP contribution in [0.2, 0.25) is 0 Å². The summed E-state index contributed by atoms with van der Waals surface area (Å²) < 4.78 is 24.7. The van der Waals surface area contributed by atoms with Gasteiger partial charge in [0.15, 0.2) is 0 Å². The van der Waals surface area contributed by atoms with Crippen molar-refractivity contribution in [3.05, 3.63) is 57.8 Å². The van der Waals surface area contributed by atoms with Gasteiger partial charge in [-0.1, -0.05) is 44.2 Å². The van der Waals surface area contributed by atoms with Crippen LogP contribution in [0.1, 0.15) is 46.4 Å². The molecule has 2 rings (SSSR count). The van der Waals surface area contributed by atoms with Crippen LogP contribution in [0.4, 0.5) is 0 Å². The molecule has 142 valence electrons. The lowest BCUT2D eigenvalue weighted by molar-refractivity contribution is 0.0936. The van der Waals surface area contributed by atoms with Crippen molar-refractivity contribution in [3.8, 4) is 0 Å². The number of carbonyl (C=O) groups is 1. The van der Waals surface area contributed by atoms with Gasteiger partial charge in [0.2, 0.25) is 10.0 Å². The summed E-state index contributed by atoms with van der Waals surface area (Å²) >= 11 is 1.40. The number of thiophene rings is 1. The van der Waals surface area contributed by atoms with Gasteiger partial charge >= 0.3 is 0 Å². The fourth-order valence-electron chi connectivity index (χ4n) is 2.66. The SMILES string of the molecule is CC(C)CC(NC(=O)c1ccc(CCNS(C)(=O)=O)s1)c1ccccc1. The van der Waals surface area contributed by atoms with Crippen LogP contribution in [0.3, 0.4) is 0 Å². The molecule has 0 aliphatic carbocycles. The summed E-state index contributed by atoms with van der Waals surface area (Å²) in [5.74, 6) is 0.369. The van der Waals surface area contributed by atoms with Crippen molar-refractivity contribution < 1.29 is 13.2 Å². The zero-order chi connectivity index (χ0) is 19.2. The smallest absolute Gasteiger partial charge is 0.261 e. The van der Waals surface area contributed by atoms with Crippen LogP contribution in [-0.2, 0) is 16.4 Å². The Morgan fingerprint density at radius 2 is 1.81 bits per heavy atom. The second-order valence-electron chi connectivity index (χ2n) is 6.75. The second kappa shape index (κ2) is 9.30. The van der Waals surface area contributed by atoms with E-state index in [1.54, 1.807) is 6.07 Å². The van der Waals surface area contributed by atoms with E-state index >= 15 is 0 Å². The lowest BCUT2D eigenvalue weighted by atomic mass is 9.97. The minimum absolute atomic E-state index is 0.0267. The van der Waals surface area contributed by atoms with Crippen molar-refractivity contribution in [2.45, 2.75) is 32.7 Å². The largest absolute Gasteiger partial charge is 0.345 e. The van der Waals surface area contributed by atoms with Gasteiger partial charge in [-0.05, 0) is 36.5 Å². The Bertz CT molecular complexity index is 814. The van der Waals surface area contributed by atoms with Crippen molar-refractivity contribution in [2.24, 2.45) is 5.92 Å². The van der Waals surface area contributed by atoms with Gasteiger partial charge in [-0.15, -0.1) is 11.3 Å². The Balaban J connectivity index is 2.01. The van der Waals surface area contributed by atoms with Crippen LogP contribution in [0.25, 0.3) is 0 Å². The normalized spacial score (nSPS) is 12.9. The summed E-state index contributed by atoms with van der Waals surface area (Å²) in [5, 5.41) is 3.13. The molecule has 0 aliphatic heterocycles. The number of carbonyl (C=O) groups excluding carboxylic acids is 1. The first-order valence-corrected chi connectivity index (χ1v) is 11.3. The highest BCUT2D eigenvalue weighted by Crippen LogP contribution is 2.23. The molecular formula is C19H26N2O3S2. The molecule has 2 N–H and O–H groups in total. The zero-order valence-electron chi connectivity index (χ0n) is 15.4. The first-order valence-electron chi connectivity index (χ1n) is 8.64. The molecule has 0 bridgehead atoms.